The number of hydrogen-bond acceptors (Lipinski definition) is 5. The number of nitro groups is 1. The Labute approximate surface area is 158 Å². The highest BCUT2D eigenvalue weighted by Gasteiger charge is 2.10. The fourth-order valence-corrected chi connectivity index (χ4v) is 2.43. The predicted molar refractivity (Wildman–Crippen MR) is 103 cm³/mol. The van der Waals surface area contributed by atoms with Crippen molar-refractivity contribution in [3.63, 3.8) is 0 Å². The van der Waals surface area contributed by atoms with Crippen molar-refractivity contribution in [2.24, 2.45) is 0 Å². The summed E-state index contributed by atoms with van der Waals surface area (Å²) in [5, 5.41) is 13.5. The van der Waals surface area contributed by atoms with Gasteiger partial charge in [0.25, 0.3) is 11.6 Å². The number of anilines is 1. The van der Waals surface area contributed by atoms with E-state index in [4.69, 9.17) is 9.47 Å². The average molecular weight is 372 g/mol. The van der Waals surface area contributed by atoms with Crippen LogP contribution in [-0.2, 0) is 4.79 Å². The van der Waals surface area contributed by atoms with Gasteiger partial charge in [0.05, 0.1) is 11.5 Å². The van der Waals surface area contributed by atoms with Crippen LogP contribution in [0.1, 0.15) is 31.7 Å². The summed E-state index contributed by atoms with van der Waals surface area (Å²) >= 11 is 0. The van der Waals surface area contributed by atoms with Crippen LogP contribution < -0.4 is 14.8 Å². The van der Waals surface area contributed by atoms with E-state index in [1.807, 2.05) is 12.1 Å². The van der Waals surface area contributed by atoms with E-state index < -0.39 is 4.92 Å². The average Bonchev–Trinajstić information content (AvgIpc) is 2.65. The summed E-state index contributed by atoms with van der Waals surface area (Å²) in [5.41, 5.74) is 1.23. The van der Waals surface area contributed by atoms with Gasteiger partial charge in [0.1, 0.15) is 11.5 Å². The van der Waals surface area contributed by atoms with Crippen LogP contribution in [0.5, 0.6) is 11.5 Å². The van der Waals surface area contributed by atoms with Gasteiger partial charge in [0.15, 0.2) is 6.61 Å². The Bertz CT molecular complexity index is 774. The van der Waals surface area contributed by atoms with Crippen LogP contribution in [0.4, 0.5) is 11.4 Å². The third-order valence-corrected chi connectivity index (χ3v) is 3.88. The Morgan fingerprint density at radius 3 is 2.48 bits per heavy atom. The molecule has 1 amide bonds. The van der Waals surface area contributed by atoms with Gasteiger partial charge in [0.2, 0.25) is 0 Å². The second kappa shape index (κ2) is 10.2. The van der Waals surface area contributed by atoms with Crippen molar-refractivity contribution in [1.29, 1.82) is 0 Å². The van der Waals surface area contributed by atoms with Crippen LogP contribution in [-0.4, -0.2) is 24.0 Å². The lowest BCUT2D eigenvalue weighted by atomic mass is 10.2. The van der Waals surface area contributed by atoms with Gasteiger partial charge in [-0.25, -0.2) is 0 Å². The van der Waals surface area contributed by atoms with Crippen LogP contribution in [0.15, 0.2) is 42.5 Å². The molecule has 0 spiro atoms. The first-order chi connectivity index (χ1) is 13.0. The molecule has 144 valence electrons. The van der Waals surface area contributed by atoms with Gasteiger partial charge < -0.3 is 14.8 Å². The molecule has 1 N–H and O–H groups in total. The van der Waals surface area contributed by atoms with E-state index in [2.05, 4.69) is 12.2 Å². The minimum atomic E-state index is -0.472. The van der Waals surface area contributed by atoms with Crippen LogP contribution in [0.3, 0.4) is 0 Å². The van der Waals surface area contributed by atoms with Crippen LogP contribution in [0.2, 0.25) is 0 Å². The summed E-state index contributed by atoms with van der Waals surface area (Å²) < 4.78 is 11.1. The van der Waals surface area contributed by atoms with Gasteiger partial charge in [-0.1, -0.05) is 19.8 Å². The number of non-ortho nitro benzene ring substituents is 1. The molecule has 0 aromatic heterocycles. The Balaban J connectivity index is 1.81. The normalized spacial score (nSPS) is 10.3. The Hall–Kier alpha value is -3.09. The zero-order valence-electron chi connectivity index (χ0n) is 15.6. The number of unbranched alkanes of at least 4 members (excludes halogenated alkanes) is 2. The van der Waals surface area contributed by atoms with Crippen molar-refractivity contribution in [3.8, 4) is 11.5 Å². The highest BCUT2D eigenvalue weighted by atomic mass is 16.6. The maximum absolute atomic E-state index is 12.0. The van der Waals surface area contributed by atoms with E-state index in [-0.39, 0.29) is 18.2 Å². The zero-order valence-corrected chi connectivity index (χ0v) is 15.6. The minimum Gasteiger partial charge on any atom is -0.494 e. The molecule has 2 rings (SSSR count). The molecular weight excluding hydrogens is 348 g/mol. The summed E-state index contributed by atoms with van der Waals surface area (Å²) in [4.78, 5) is 22.3. The standard InChI is InChI=1S/C20H24N2O5/c1-3-4-5-12-26-18-9-6-16(7-10-18)21-20(23)14-27-19-11-8-17(22(24)25)13-15(19)2/h6-11,13H,3-5,12,14H2,1-2H3,(H,21,23). The largest absolute Gasteiger partial charge is 0.494 e. The van der Waals surface area contributed by atoms with Crippen LogP contribution in [0, 0.1) is 17.0 Å². The van der Waals surface area contributed by atoms with E-state index >= 15 is 0 Å². The van der Waals surface area contributed by atoms with E-state index in [0.29, 0.717) is 23.6 Å². The number of hydrogen-bond donors (Lipinski definition) is 1. The van der Waals surface area contributed by atoms with Crippen molar-refractivity contribution < 1.29 is 19.2 Å². The maximum Gasteiger partial charge on any atom is 0.269 e. The molecule has 2 aromatic rings. The lowest BCUT2D eigenvalue weighted by Crippen LogP contribution is -2.20. The summed E-state index contributed by atoms with van der Waals surface area (Å²) in [7, 11) is 0. The van der Waals surface area contributed by atoms with Gasteiger partial charge in [-0.3, -0.25) is 14.9 Å². The van der Waals surface area contributed by atoms with E-state index in [1.165, 1.54) is 18.2 Å². The topological polar surface area (TPSA) is 90.7 Å². The number of carbonyl (C=O) groups is 1. The molecule has 0 radical (unpaired) electrons. The monoisotopic (exact) mass is 372 g/mol. The molecule has 7 heteroatoms. The number of nitrogens with zero attached hydrogens (tertiary/aromatic N) is 1. The molecule has 0 atom stereocenters. The lowest BCUT2D eigenvalue weighted by molar-refractivity contribution is -0.384. The molecule has 0 bridgehead atoms. The summed E-state index contributed by atoms with van der Waals surface area (Å²) in [6.45, 7) is 4.33. The Morgan fingerprint density at radius 1 is 1.11 bits per heavy atom. The number of aryl methyl sites for hydroxylation is 1. The van der Waals surface area contributed by atoms with Gasteiger partial charge in [-0.05, 0) is 49.2 Å². The van der Waals surface area contributed by atoms with Gasteiger partial charge >= 0.3 is 0 Å². The van der Waals surface area contributed by atoms with E-state index in [0.717, 1.165) is 25.0 Å². The van der Waals surface area contributed by atoms with Crippen LogP contribution >= 0.6 is 0 Å². The second-order valence-electron chi connectivity index (χ2n) is 6.12. The van der Waals surface area contributed by atoms with Crippen molar-refractivity contribution in [3.05, 3.63) is 58.1 Å². The van der Waals surface area contributed by atoms with Crippen LogP contribution in [0.25, 0.3) is 0 Å². The van der Waals surface area contributed by atoms with E-state index in [1.54, 1.807) is 19.1 Å². The molecule has 0 aliphatic heterocycles. The fraction of sp³-hybridized carbons (Fsp3) is 0.350. The Morgan fingerprint density at radius 2 is 1.85 bits per heavy atom. The molecule has 0 unspecified atom stereocenters. The number of rotatable bonds is 10. The number of nitro benzene ring substituents is 1. The Kier molecular flexibility index (Phi) is 7.61. The molecule has 0 saturated heterocycles. The molecule has 27 heavy (non-hydrogen) atoms. The van der Waals surface area contributed by atoms with Crippen molar-refractivity contribution in [1.82, 2.24) is 0 Å². The van der Waals surface area contributed by atoms with Crippen molar-refractivity contribution in [2.75, 3.05) is 18.5 Å². The minimum absolute atomic E-state index is 0.0127. The first-order valence-electron chi connectivity index (χ1n) is 8.90. The molecule has 0 aliphatic rings. The van der Waals surface area contributed by atoms with Gasteiger partial charge in [-0.2, -0.15) is 0 Å². The number of carbonyl (C=O) groups excluding carboxylic acids is 1. The van der Waals surface area contributed by atoms with E-state index in [9.17, 15) is 14.9 Å². The third-order valence-electron chi connectivity index (χ3n) is 3.88. The van der Waals surface area contributed by atoms with Gasteiger partial charge in [0, 0.05) is 17.8 Å². The smallest absolute Gasteiger partial charge is 0.269 e. The number of benzene rings is 2. The molecule has 0 heterocycles. The predicted octanol–water partition coefficient (Wildman–Crippen LogP) is 4.49. The summed E-state index contributed by atoms with van der Waals surface area (Å²) in [6, 6.07) is 11.4. The fourth-order valence-electron chi connectivity index (χ4n) is 2.43. The number of nitrogens with one attached hydrogen (secondary N) is 1. The molecule has 0 saturated carbocycles. The first kappa shape index (κ1) is 20.2. The molecular formula is C20H24N2O5. The molecule has 2 aromatic carbocycles. The van der Waals surface area contributed by atoms with Crippen molar-refractivity contribution in [2.45, 2.75) is 33.1 Å². The SMILES string of the molecule is CCCCCOc1ccc(NC(=O)COc2ccc([N+](=O)[O-])cc2C)cc1. The first-order valence-corrected chi connectivity index (χ1v) is 8.90. The van der Waals surface area contributed by atoms with Gasteiger partial charge in [-0.15, -0.1) is 0 Å². The molecule has 7 nitrogen and oxygen atoms in total. The highest BCUT2D eigenvalue weighted by Crippen LogP contribution is 2.23. The van der Waals surface area contributed by atoms with Crippen molar-refractivity contribution >= 4 is 17.3 Å². The summed E-state index contributed by atoms with van der Waals surface area (Å²) in [5.74, 6) is 0.887. The zero-order chi connectivity index (χ0) is 19.6. The quantitative estimate of drug-likeness (QED) is 0.377. The second-order valence-corrected chi connectivity index (χ2v) is 6.12. The number of ether oxygens (including phenoxy) is 2. The maximum atomic E-state index is 12.0. The lowest BCUT2D eigenvalue weighted by Gasteiger charge is -2.10. The highest BCUT2D eigenvalue weighted by molar-refractivity contribution is 5.91. The molecule has 0 aliphatic carbocycles. The summed E-state index contributed by atoms with van der Waals surface area (Å²) in [6.07, 6.45) is 3.31. The number of amides is 1. The third kappa shape index (κ3) is 6.62. The molecule has 0 fully saturated rings.